The maximum absolute atomic E-state index is 12.6. The standard InChI is InChI=1S/C24H19N5O2/c1-31-19-12-10-18(11-13-19)29-15-14-22(28-29)24(30)25-17-8-6-16(7-9-17)23-26-20-4-2-3-5-21(20)27-23/h2-15H,1H3,(H,25,30)(H,26,27). The van der Waals surface area contributed by atoms with Crippen LogP contribution in [-0.4, -0.2) is 32.8 Å². The summed E-state index contributed by atoms with van der Waals surface area (Å²) in [6.07, 6.45) is 1.75. The van der Waals surface area contributed by atoms with E-state index in [1.165, 1.54) is 0 Å². The van der Waals surface area contributed by atoms with Crippen molar-refractivity contribution >= 4 is 22.6 Å². The number of carbonyl (C=O) groups excluding carboxylic acids is 1. The molecule has 2 heterocycles. The number of benzene rings is 3. The number of nitrogens with zero attached hydrogens (tertiary/aromatic N) is 3. The molecule has 0 aliphatic rings. The number of fused-ring (bicyclic) bond motifs is 1. The van der Waals surface area contributed by atoms with Crippen molar-refractivity contribution in [3.05, 3.63) is 90.8 Å². The lowest BCUT2D eigenvalue weighted by atomic mass is 10.2. The van der Waals surface area contributed by atoms with Crippen molar-refractivity contribution < 1.29 is 9.53 Å². The molecule has 0 spiro atoms. The molecule has 7 nitrogen and oxygen atoms in total. The SMILES string of the molecule is COc1ccc(-n2ccc(C(=O)Nc3ccc(-c4nc5ccccc5[nH]4)cc3)n2)cc1. The minimum Gasteiger partial charge on any atom is -0.497 e. The van der Waals surface area contributed by atoms with Gasteiger partial charge in [-0.25, -0.2) is 9.67 Å². The van der Waals surface area contributed by atoms with Gasteiger partial charge in [0.15, 0.2) is 5.69 Å². The largest absolute Gasteiger partial charge is 0.497 e. The Bertz CT molecular complexity index is 1320. The zero-order valence-electron chi connectivity index (χ0n) is 16.7. The summed E-state index contributed by atoms with van der Waals surface area (Å²) in [7, 11) is 1.62. The van der Waals surface area contributed by atoms with Crippen LogP contribution in [0.3, 0.4) is 0 Å². The van der Waals surface area contributed by atoms with Crippen LogP contribution in [0.15, 0.2) is 85.1 Å². The van der Waals surface area contributed by atoms with E-state index in [2.05, 4.69) is 20.4 Å². The van der Waals surface area contributed by atoms with Crippen LogP contribution >= 0.6 is 0 Å². The summed E-state index contributed by atoms with van der Waals surface area (Å²) in [5.74, 6) is 1.28. The molecule has 0 saturated heterocycles. The molecule has 5 rings (SSSR count). The minimum absolute atomic E-state index is 0.274. The van der Waals surface area contributed by atoms with Crippen molar-refractivity contribution in [1.29, 1.82) is 0 Å². The van der Waals surface area contributed by atoms with Gasteiger partial charge in [-0.3, -0.25) is 4.79 Å². The predicted octanol–water partition coefficient (Wildman–Crippen LogP) is 4.68. The summed E-state index contributed by atoms with van der Waals surface area (Å²) >= 11 is 0. The number of hydrogen-bond donors (Lipinski definition) is 2. The number of para-hydroxylation sites is 2. The third-order valence-electron chi connectivity index (χ3n) is 4.96. The van der Waals surface area contributed by atoms with Gasteiger partial charge in [0.05, 0.1) is 23.8 Å². The molecule has 7 heteroatoms. The van der Waals surface area contributed by atoms with Gasteiger partial charge in [0, 0.05) is 17.4 Å². The Morgan fingerprint density at radius 2 is 1.74 bits per heavy atom. The average Bonchev–Trinajstić information content (AvgIpc) is 3.47. The Morgan fingerprint density at radius 1 is 0.968 bits per heavy atom. The molecule has 0 aliphatic heterocycles. The quantitative estimate of drug-likeness (QED) is 0.442. The van der Waals surface area contributed by atoms with Crippen LogP contribution in [-0.2, 0) is 0 Å². The van der Waals surface area contributed by atoms with Gasteiger partial charge in [0.2, 0.25) is 0 Å². The maximum atomic E-state index is 12.6. The Labute approximate surface area is 178 Å². The van der Waals surface area contributed by atoms with Crippen molar-refractivity contribution in [3.8, 4) is 22.8 Å². The van der Waals surface area contributed by atoms with Crippen LogP contribution in [0.4, 0.5) is 5.69 Å². The van der Waals surface area contributed by atoms with E-state index in [0.29, 0.717) is 11.4 Å². The highest BCUT2D eigenvalue weighted by molar-refractivity contribution is 6.02. The summed E-state index contributed by atoms with van der Waals surface area (Å²) in [5.41, 5.74) is 4.71. The molecule has 0 aliphatic carbocycles. The van der Waals surface area contributed by atoms with Crippen LogP contribution in [0.5, 0.6) is 5.75 Å². The number of aromatic amines is 1. The Kier molecular flexibility index (Phi) is 4.68. The van der Waals surface area contributed by atoms with E-state index < -0.39 is 0 Å². The van der Waals surface area contributed by atoms with Crippen molar-refractivity contribution in [1.82, 2.24) is 19.7 Å². The second-order valence-electron chi connectivity index (χ2n) is 6.98. The van der Waals surface area contributed by atoms with Crippen LogP contribution in [0.1, 0.15) is 10.5 Å². The summed E-state index contributed by atoms with van der Waals surface area (Å²) < 4.78 is 6.82. The minimum atomic E-state index is -0.274. The highest BCUT2D eigenvalue weighted by Gasteiger charge is 2.11. The molecule has 2 N–H and O–H groups in total. The summed E-state index contributed by atoms with van der Waals surface area (Å²) in [5, 5.41) is 7.25. The van der Waals surface area contributed by atoms with Gasteiger partial charge in [-0.2, -0.15) is 5.10 Å². The van der Waals surface area contributed by atoms with Gasteiger partial charge in [-0.05, 0) is 66.7 Å². The molecule has 31 heavy (non-hydrogen) atoms. The smallest absolute Gasteiger partial charge is 0.276 e. The lowest BCUT2D eigenvalue weighted by Gasteiger charge is -2.05. The molecule has 0 radical (unpaired) electrons. The fraction of sp³-hybridized carbons (Fsp3) is 0.0417. The number of methoxy groups -OCH3 is 1. The van der Waals surface area contributed by atoms with Gasteiger partial charge in [-0.1, -0.05) is 12.1 Å². The van der Waals surface area contributed by atoms with E-state index >= 15 is 0 Å². The van der Waals surface area contributed by atoms with Crippen LogP contribution in [0.25, 0.3) is 28.1 Å². The van der Waals surface area contributed by atoms with E-state index in [4.69, 9.17) is 4.74 Å². The summed E-state index contributed by atoms with van der Waals surface area (Å²) in [6, 6.07) is 24.6. The molecule has 0 fully saturated rings. The van der Waals surface area contributed by atoms with Crippen LogP contribution in [0, 0.1) is 0 Å². The average molecular weight is 409 g/mol. The molecule has 5 aromatic rings. The molecule has 0 atom stereocenters. The molecule has 0 bridgehead atoms. The molecular formula is C24H19N5O2. The third-order valence-corrected chi connectivity index (χ3v) is 4.96. The van der Waals surface area contributed by atoms with Crippen molar-refractivity contribution in [3.63, 3.8) is 0 Å². The third kappa shape index (κ3) is 3.76. The molecule has 1 amide bonds. The van der Waals surface area contributed by atoms with Crippen molar-refractivity contribution in [2.75, 3.05) is 12.4 Å². The Balaban J connectivity index is 1.29. The number of aromatic nitrogens is 4. The van der Waals surface area contributed by atoms with Gasteiger partial charge in [0.1, 0.15) is 11.6 Å². The van der Waals surface area contributed by atoms with E-state index in [0.717, 1.165) is 33.9 Å². The van der Waals surface area contributed by atoms with E-state index in [-0.39, 0.29) is 5.91 Å². The van der Waals surface area contributed by atoms with E-state index in [9.17, 15) is 4.79 Å². The summed E-state index contributed by atoms with van der Waals surface area (Å²) in [6.45, 7) is 0. The van der Waals surface area contributed by atoms with Gasteiger partial charge in [-0.15, -0.1) is 0 Å². The number of nitrogens with one attached hydrogen (secondary N) is 2. The maximum Gasteiger partial charge on any atom is 0.276 e. The number of carbonyl (C=O) groups is 1. The van der Waals surface area contributed by atoms with Crippen LogP contribution in [0.2, 0.25) is 0 Å². The number of ether oxygens (including phenoxy) is 1. The Morgan fingerprint density at radius 3 is 2.48 bits per heavy atom. The van der Waals surface area contributed by atoms with E-state index in [1.807, 2.05) is 72.8 Å². The first-order valence-corrected chi connectivity index (χ1v) is 9.76. The number of rotatable bonds is 5. The van der Waals surface area contributed by atoms with E-state index in [1.54, 1.807) is 24.1 Å². The molecule has 3 aromatic carbocycles. The predicted molar refractivity (Wildman–Crippen MR) is 120 cm³/mol. The first-order valence-electron chi connectivity index (χ1n) is 9.76. The number of imidazole rings is 1. The first-order chi connectivity index (χ1) is 15.2. The topological polar surface area (TPSA) is 84.8 Å². The van der Waals surface area contributed by atoms with Crippen molar-refractivity contribution in [2.45, 2.75) is 0 Å². The van der Waals surface area contributed by atoms with Gasteiger partial charge >= 0.3 is 0 Å². The second kappa shape index (κ2) is 7.79. The van der Waals surface area contributed by atoms with Gasteiger partial charge < -0.3 is 15.0 Å². The number of hydrogen-bond acceptors (Lipinski definition) is 4. The lowest BCUT2D eigenvalue weighted by molar-refractivity contribution is 0.102. The number of anilines is 1. The number of H-pyrrole nitrogens is 1. The zero-order chi connectivity index (χ0) is 21.2. The molecule has 0 unspecified atom stereocenters. The number of amides is 1. The van der Waals surface area contributed by atoms with Crippen molar-refractivity contribution in [2.24, 2.45) is 0 Å². The molecule has 152 valence electrons. The lowest BCUT2D eigenvalue weighted by Crippen LogP contribution is -2.13. The van der Waals surface area contributed by atoms with Crippen LogP contribution < -0.4 is 10.1 Å². The Hall–Kier alpha value is -4.39. The normalized spacial score (nSPS) is 10.9. The molecule has 0 saturated carbocycles. The monoisotopic (exact) mass is 409 g/mol. The first kappa shape index (κ1) is 18.6. The molecule has 2 aromatic heterocycles. The van der Waals surface area contributed by atoms with Gasteiger partial charge in [0.25, 0.3) is 5.91 Å². The second-order valence-corrected chi connectivity index (χ2v) is 6.98. The fourth-order valence-corrected chi connectivity index (χ4v) is 3.32. The highest BCUT2D eigenvalue weighted by Crippen LogP contribution is 2.22. The molecular weight excluding hydrogens is 390 g/mol. The highest BCUT2D eigenvalue weighted by atomic mass is 16.5. The summed E-state index contributed by atoms with van der Waals surface area (Å²) in [4.78, 5) is 20.5. The fourth-order valence-electron chi connectivity index (χ4n) is 3.32. The zero-order valence-corrected chi connectivity index (χ0v) is 16.7.